The molecule has 0 saturated heterocycles. The Morgan fingerprint density at radius 1 is 1.00 bits per heavy atom. The van der Waals surface area contributed by atoms with Crippen LogP contribution in [-0.4, -0.2) is 25.6 Å². The summed E-state index contributed by atoms with van der Waals surface area (Å²) in [5.74, 6) is -0.729. The molecule has 0 radical (unpaired) electrons. The number of nitrogens with zero attached hydrogens (tertiary/aromatic N) is 2. The molecule has 4 rings (SSSR count). The smallest absolute Gasteiger partial charge is 0.306 e. The maximum absolute atomic E-state index is 13.7. The molecule has 34 heavy (non-hydrogen) atoms. The molecule has 1 amide bonds. The Balaban J connectivity index is 1.93. The minimum atomic E-state index is -4.00. The van der Waals surface area contributed by atoms with Crippen LogP contribution in [0.25, 0.3) is 22.2 Å². The molecule has 8 heteroatoms. The van der Waals surface area contributed by atoms with Crippen LogP contribution < -0.4 is 9.50 Å². The second-order valence-corrected chi connectivity index (χ2v) is 9.21. The lowest BCUT2D eigenvalue weighted by Crippen LogP contribution is -2.29. The van der Waals surface area contributed by atoms with Crippen molar-refractivity contribution in [2.24, 2.45) is 0 Å². The van der Waals surface area contributed by atoms with Gasteiger partial charge in [-0.05, 0) is 11.6 Å². The number of carbonyl (C=O) groups excluding carboxylic acids is 1. The number of hydrogen-bond acceptors (Lipinski definition) is 6. The minimum Gasteiger partial charge on any atom is -0.379 e. The highest BCUT2D eigenvalue weighted by Crippen LogP contribution is 2.37. The Morgan fingerprint density at radius 2 is 1.62 bits per heavy atom. The third-order valence-corrected chi connectivity index (χ3v) is 5.63. The van der Waals surface area contributed by atoms with Gasteiger partial charge in [-0.3, -0.25) is 4.79 Å². The number of benzene rings is 3. The summed E-state index contributed by atoms with van der Waals surface area (Å²) in [6.07, 6.45) is 0.952. The normalized spacial score (nSPS) is 12.0. The zero-order chi connectivity index (χ0) is 24.1. The number of nitrogens with one attached hydrogen (secondary N) is 1. The summed E-state index contributed by atoms with van der Waals surface area (Å²) >= 11 is 0. The van der Waals surface area contributed by atoms with Gasteiger partial charge in [0.2, 0.25) is 0 Å². The molecule has 0 aliphatic carbocycles. The fourth-order valence-electron chi connectivity index (χ4n) is 3.70. The number of fused-ring (bicyclic) bond motifs is 1. The van der Waals surface area contributed by atoms with E-state index in [1.807, 2.05) is 36.4 Å². The lowest BCUT2D eigenvalue weighted by molar-refractivity contribution is 0.0937. The van der Waals surface area contributed by atoms with Crippen LogP contribution >= 0.6 is 0 Å². The molecule has 0 aliphatic rings. The van der Waals surface area contributed by atoms with Crippen LogP contribution in [0, 0.1) is 11.3 Å². The summed E-state index contributed by atoms with van der Waals surface area (Å²) < 4.78 is 29.8. The van der Waals surface area contributed by atoms with E-state index in [1.54, 1.807) is 48.5 Å². The number of amides is 1. The highest BCUT2D eigenvalue weighted by molar-refractivity contribution is 7.86. The lowest BCUT2D eigenvalue weighted by atomic mass is 10.00. The van der Waals surface area contributed by atoms with Crippen molar-refractivity contribution in [2.75, 3.05) is 6.26 Å². The van der Waals surface area contributed by atoms with Crippen molar-refractivity contribution in [3.05, 3.63) is 96.1 Å². The number of carbonyl (C=O) groups is 1. The zero-order valence-electron chi connectivity index (χ0n) is 18.3. The average Bonchev–Trinajstić information content (AvgIpc) is 2.83. The van der Waals surface area contributed by atoms with E-state index >= 15 is 0 Å². The van der Waals surface area contributed by atoms with Crippen LogP contribution in [-0.2, 0) is 10.1 Å². The van der Waals surface area contributed by atoms with Gasteiger partial charge in [0.05, 0.1) is 35.9 Å². The molecule has 0 unspecified atom stereocenters. The van der Waals surface area contributed by atoms with E-state index in [0.717, 1.165) is 11.8 Å². The number of aromatic nitrogens is 1. The number of hydrogen-bond donors (Lipinski definition) is 1. The summed E-state index contributed by atoms with van der Waals surface area (Å²) in [7, 11) is -4.00. The van der Waals surface area contributed by atoms with Gasteiger partial charge < -0.3 is 9.50 Å². The Labute approximate surface area is 197 Å². The van der Waals surface area contributed by atoms with Crippen molar-refractivity contribution in [1.29, 1.82) is 5.26 Å². The Hall–Kier alpha value is -4.22. The van der Waals surface area contributed by atoms with Gasteiger partial charge in [0, 0.05) is 10.9 Å². The quantitative estimate of drug-likeness (QED) is 0.394. The van der Waals surface area contributed by atoms with Crippen LogP contribution in [0.15, 0.2) is 84.9 Å². The van der Waals surface area contributed by atoms with E-state index in [-0.39, 0.29) is 23.4 Å². The molecular formula is C26H21N3O4S. The molecule has 0 spiro atoms. The fraction of sp³-hybridized carbons (Fsp3) is 0.115. The Bertz CT molecular complexity index is 1480. The Morgan fingerprint density at radius 3 is 2.26 bits per heavy atom. The molecule has 1 N–H and O–H groups in total. The third-order valence-electron chi connectivity index (χ3n) is 5.16. The monoisotopic (exact) mass is 471 g/mol. The van der Waals surface area contributed by atoms with Gasteiger partial charge in [0.15, 0.2) is 5.75 Å². The molecule has 3 aromatic carbocycles. The summed E-state index contributed by atoms with van der Waals surface area (Å²) in [5.41, 5.74) is 2.12. The van der Waals surface area contributed by atoms with E-state index in [4.69, 9.17) is 4.18 Å². The maximum Gasteiger partial charge on any atom is 0.306 e. The van der Waals surface area contributed by atoms with Gasteiger partial charge in [-0.25, -0.2) is 4.98 Å². The number of rotatable bonds is 7. The van der Waals surface area contributed by atoms with E-state index < -0.39 is 22.1 Å². The first kappa shape index (κ1) is 23.0. The van der Waals surface area contributed by atoms with E-state index in [0.29, 0.717) is 16.5 Å². The van der Waals surface area contributed by atoms with Gasteiger partial charge in [-0.2, -0.15) is 13.7 Å². The van der Waals surface area contributed by atoms with Crippen LogP contribution in [0.2, 0.25) is 0 Å². The fourth-order valence-corrected chi connectivity index (χ4v) is 4.17. The molecule has 7 nitrogen and oxygen atoms in total. The van der Waals surface area contributed by atoms with Crippen molar-refractivity contribution >= 4 is 26.9 Å². The molecule has 0 bridgehead atoms. The van der Waals surface area contributed by atoms with Crippen molar-refractivity contribution in [2.45, 2.75) is 12.5 Å². The first-order chi connectivity index (χ1) is 16.4. The van der Waals surface area contributed by atoms with Gasteiger partial charge in [-0.15, -0.1) is 0 Å². The van der Waals surface area contributed by atoms with E-state index in [1.165, 1.54) is 0 Å². The van der Waals surface area contributed by atoms with Gasteiger partial charge >= 0.3 is 10.1 Å². The first-order valence-electron chi connectivity index (χ1n) is 10.5. The standard InChI is InChI=1S/C26H21N3O4S/c1-34(31,32)33-25-23(26(30)29-21(16-17-27)18-10-4-2-5-11-18)20-14-8-9-15-22(20)28-24(25)19-12-6-3-7-13-19/h2-15,21H,16H2,1H3,(H,29,30)/t21-/m0/s1. The summed E-state index contributed by atoms with van der Waals surface area (Å²) in [6, 6.07) is 26.5. The van der Waals surface area contributed by atoms with Crippen LogP contribution in [0.3, 0.4) is 0 Å². The molecule has 1 atom stereocenters. The van der Waals surface area contributed by atoms with Crippen molar-refractivity contribution in [3.63, 3.8) is 0 Å². The maximum atomic E-state index is 13.7. The molecule has 1 aromatic heterocycles. The SMILES string of the molecule is CS(=O)(=O)Oc1c(-c2ccccc2)nc2ccccc2c1C(=O)N[C@@H](CC#N)c1ccccc1. The van der Waals surface area contributed by atoms with Crippen LogP contribution in [0.4, 0.5) is 0 Å². The first-order valence-corrected chi connectivity index (χ1v) is 12.3. The molecular weight excluding hydrogens is 450 g/mol. The molecule has 1 heterocycles. The number of para-hydroxylation sites is 1. The predicted octanol–water partition coefficient (Wildman–Crippen LogP) is 4.62. The second-order valence-electron chi connectivity index (χ2n) is 7.63. The van der Waals surface area contributed by atoms with Gasteiger partial charge in [0.25, 0.3) is 5.91 Å². The molecule has 0 aliphatic heterocycles. The molecule has 4 aromatic rings. The molecule has 0 fully saturated rings. The highest BCUT2D eigenvalue weighted by atomic mass is 32.2. The van der Waals surface area contributed by atoms with Crippen LogP contribution in [0.1, 0.15) is 28.4 Å². The predicted molar refractivity (Wildman–Crippen MR) is 130 cm³/mol. The van der Waals surface area contributed by atoms with Crippen LogP contribution in [0.5, 0.6) is 5.75 Å². The topological polar surface area (TPSA) is 109 Å². The summed E-state index contributed by atoms with van der Waals surface area (Å²) in [5, 5.41) is 12.7. The average molecular weight is 472 g/mol. The largest absolute Gasteiger partial charge is 0.379 e. The van der Waals surface area contributed by atoms with Gasteiger partial charge in [-0.1, -0.05) is 78.9 Å². The second kappa shape index (κ2) is 9.73. The van der Waals surface area contributed by atoms with Gasteiger partial charge in [0.1, 0.15) is 5.69 Å². The summed E-state index contributed by atoms with van der Waals surface area (Å²) in [4.78, 5) is 18.3. The lowest BCUT2D eigenvalue weighted by Gasteiger charge is -2.20. The van der Waals surface area contributed by atoms with E-state index in [2.05, 4.69) is 16.4 Å². The summed E-state index contributed by atoms with van der Waals surface area (Å²) in [6.45, 7) is 0. The van der Waals surface area contributed by atoms with E-state index in [9.17, 15) is 18.5 Å². The number of pyridine rings is 1. The molecule has 170 valence electrons. The van der Waals surface area contributed by atoms with Crippen molar-refractivity contribution in [3.8, 4) is 23.1 Å². The van der Waals surface area contributed by atoms with Crippen molar-refractivity contribution < 1.29 is 17.4 Å². The highest BCUT2D eigenvalue weighted by Gasteiger charge is 2.27. The third kappa shape index (κ3) is 5.05. The Kier molecular flexibility index (Phi) is 6.57. The number of nitriles is 1. The minimum absolute atomic E-state index is 0.0343. The van der Waals surface area contributed by atoms with Crippen molar-refractivity contribution in [1.82, 2.24) is 10.3 Å². The molecule has 0 saturated carbocycles. The zero-order valence-corrected chi connectivity index (χ0v) is 19.1.